The molecule has 0 aromatic heterocycles. The van der Waals surface area contributed by atoms with Gasteiger partial charge in [-0.2, -0.15) is 0 Å². The van der Waals surface area contributed by atoms with E-state index in [0.717, 1.165) is 31.8 Å². The zero-order valence-electron chi connectivity index (χ0n) is 18.5. The number of amides is 3. The number of anilines is 1. The molecule has 2 aliphatic rings. The molecule has 2 fully saturated rings. The minimum absolute atomic E-state index is 0.127. The molecule has 0 radical (unpaired) electrons. The summed E-state index contributed by atoms with van der Waals surface area (Å²) in [6.45, 7) is 3.58. The molecule has 0 unspecified atom stereocenters. The van der Waals surface area contributed by atoms with Crippen molar-refractivity contribution in [2.24, 2.45) is 11.8 Å². The molecule has 2 aliphatic heterocycles. The molecular weight excluding hydrogens is 459 g/mol. The molecule has 4 rings (SSSR count). The highest BCUT2D eigenvalue weighted by Crippen LogP contribution is 2.32. The van der Waals surface area contributed by atoms with Crippen molar-refractivity contribution in [3.63, 3.8) is 0 Å². The van der Waals surface area contributed by atoms with Crippen molar-refractivity contribution in [2.75, 3.05) is 31.5 Å². The molecule has 0 aliphatic carbocycles. The zero-order valence-corrected chi connectivity index (χ0v) is 20.0. The normalized spacial score (nSPS) is 18.5. The molecule has 0 spiro atoms. The third kappa shape index (κ3) is 6.19. The summed E-state index contributed by atoms with van der Waals surface area (Å²) in [6.07, 6.45) is 4.44. The van der Waals surface area contributed by atoms with Gasteiger partial charge in [-0.25, -0.2) is 4.79 Å². The molecule has 2 aromatic rings. The number of rotatable bonds is 5. The fraction of sp³-hybridized carbons (Fsp3) is 0.440. The van der Waals surface area contributed by atoms with E-state index in [2.05, 4.69) is 16.0 Å². The number of piperidine rings is 2. The number of likely N-dealkylation sites (tertiary alicyclic amines) is 1. The Morgan fingerprint density at radius 1 is 0.909 bits per heavy atom. The van der Waals surface area contributed by atoms with Crippen LogP contribution in [0.25, 0.3) is 0 Å². The first kappa shape index (κ1) is 23.9. The Morgan fingerprint density at radius 2 is 1.55 bits per heavy atom. The van der Waals surface area contributed by atoms with Crippen molar-refractivity contribution < 1.29 is 9.59 Å². The molecule has 1 atom stereocenters. The molecule has 6 nitrogen and oxygen atoms in total. The van der Waals surface area contributed by atoms with Crippen LogP contribution in [0.1, 0.15) is 37.3 Å². The summed E-state index contributed by atoms with van der Waals surface area (Å²) in [5.74, 6) is 1.28. The van der Waals surface area contributed by atoms with E-state index in [1.165, 1.54) is 12.8 Å². The monoisotopic (exact) mass is 488 g/mol. The molecule has 176 valence electrons. The molecule has 3 N–H and O–H groups in total. The molecule has 8 heteroatoms. The van der Waals surface area contributed by atoms with Gasteiger partial charge in [0.2, 0.25) is 5.91 Å². The van der Waals surface area contributed by atoms with E-state index in [0.29, 0.717) is 40.3 Å². The summed E-state index contributed by atoms with van der Waals surface area (Å²) in [5, 5.41) is 10.1. The van der Waals surface area contributed by atoms with Crippen LogP contribution in [0, 0.1) is 11.8 Å². The molecule has 0 bridgehead atoms. The second-order valence-corrected chi connectivity index (χ2v) is 9.65. The minimum Gasteiger partial charge on any atom is -0.341 e. The van der Waals surface area contributed by atoms with Crippen molar-refractivity contribution in [1.29, 1.82) is 0 Å². The van der Waals surface area contributed by atoms with Crippen LogP contribution in [0.5, 0.6) is 0 Å². The molecule has 3 amide bonds. The lowest BCUT2D eigenvalue weighted by molar-refractivity contribution is -0.135. The standard InChI is InChI=1S/C25H30Cl2N4O2/c26-19-5-7-20(8-6-19)29-25(33)30-23(21-3-1-2-4-22(21)27)24(32)31-15-11-18(12-16-31)17-9-13-28-14-10-17/h1-8,17-18,23,28H,9-16H2,(H2,29,30,33)/t23-/m1/s1. The van der Waals surface area contributed by atoms with E-state index in [1.54, 1.807) is 36.4 Å². The summed E-state index contributed by atoms with van der Waals surface area (Å²) in [5.41, 5.74) is 1.18. The van der Waals surface area contributed by atoms with Gasteiger partial charge in [-0.05, 0) is 80.9 Å². The minimum atomic E-state index is -0.860. The Bertz CT molecular complexity index is 955. The number of nitrogens with one attached hydrogen (secondary N) is 3. The number of urea groups is 1. The van der Waals surface area contributed by atoms with E-state index in [-0.39, 0.29) is 5.91 Å². The summed E-state index contributed by atoms with van der Waals surface area (Å²) in [4.78, 5) is 28.2. The molecule has 33 heavy (non-hydrogen) atoms. The van der Waals surface area contributed by atoms with Crippen LogP contribution in [0.3, 0.4) is 0 Å². The van der Waals surface area contributed by atoms with Crippen LogP contribution < -0.4 is 16.0 Å². The SMILES string of the molecule is O=C(Nc1ccc(Cl)cc1)N[C@@H](C(=O)N1CCC(C2CCNCC2)CC1)c1ccccc1Cl. The summed E-state index contributed by atoms with van der Waals surface area (Å²) in [6, 6.07) is 12.6. The number of halogens is 2. The van der Waals surface area contributed by atoms with Crippen molar-refractivity contribution in [2.45, 2.75) is 31.7 Å². The molecule has 2 heterocycles. The van der Waals surface area contributed by atoms with Gasteiger partial charge < -0.3 is 20.9 Å². The first-order valence-electron chi connectivity index (χ1n) is 11.6. The Kier molecular flexibility index (Phi) is 8.12. The number of nitrogens with zero attached hydrogens (tertiary/aromatic N) is 1. The average molecular weight is 489 g/mol. The van der Waals surface area contributed by atoms with Gasteiger partial charge in [0.1, 0.15) is 6.04 Å². The number of hydrogen-bond donors (Lipinski definition) is 3. The van der Waals surface area contributed by atoms with E-state index in [9.17, 15) is 9.59 Å². The lowest BCUT2D eigenvalue weighted by Gasteiger charge is -2.39. The summed E-state index contributed by atoms with van der Waals surface area (Å²) >= 11 is 12.3. The van der Waals surface area contributed by atoms with Crippen LogP contribution in [-0.4, -0.2) is 43.0 Å². The first-order chi connectivity index (χ1) is 16.0. The maximum atomic E-state index is 13.6. The molecule has 2 aromatic carbocycles. The van der Waals surface area contributed by atoms with Gasteiger partial charge in [0.25, 0.3) is 0 Å². The Hall–Kier alpha value is -2.28. The van der Waals surface area contributed by atoms with Crippen LogP contribution in [-0.2, 0) is 4.79 Å². The fourth-order valence-electron chi connectivity index (χ4n) is 4.90. The smallest absolute Gasteiger partial charge is 0.320 e. The van der Waals surface area contributed by atoms with Crippen molar-refractivity contribution in [3.8, 4) is 0 Å². The van der Waals surface area contributed by atoms with Crippen LogP contribution in [0.2, 0.25) is 10.0 Å². The lowest BCUT2D eigenvalue weighted by Crippen LogP contribution is -2.48. The van der Waals surface area contributed by atoms with E-state index < -0.39 is 12.1 Å². The number of carbonyl (C=O) groups is 2. The topological polar surface area (TPSA) is 73.5 Å². The van der Waals surface area contributed by atoms with E-state index >= 15 is 0 Å². The average Bonchev–Trinajstić information content (AvgIpc) is 2.85. The third-order valence-electron chi connectivity index (χ3n) is 6.74. The number of carbonyl (C=O) groups excluding carboxylic acids is 2. The van der Waals surface area contributed by atoms with Gasteiger partial charge in [0, 0.05) is 34.4 Å². The van der Waals surface area contributed by atoms with Crippen molar-refractivity contribution >= 4 is 40.8 Å². The maximum Gasteiger partial charge on any atom is 0.320 e. The van der Waals surface area contributed by atoms with Gasteiger partial charge in [0.05, 0.1) is 0 Å². The van der Waals surface area contributed by atoms with Gasteiger partial charge in [0.15, 0.2) is 0 Å². The fourth-order valence-corrected chi connectivity index (χ4v) is 5.27. The Balaban J connectivity index is 1.44. The highest BCUT2D eigenvalue weighted by atomic mass is 35.5. The Labute approximate surface area is 205 Å². The molecular formula is C25H30Cl2N4O2. The predicted molar refractivity (Wildman–Crippen MR) is 133 cm³/mol. The van der Waals surface area contributed by atoms with Gasteiger partial charge >= 0.3 is 6.03 Å². The predicted octanol–water partition coefficient (Wildman–Crippen LogP) is 5.09. The number of benzene rings is 2. The van der Waals surface area contributed by atoms with Gasteiger partial charge in [-0.15, -0.1) is 0 Å². The van der Waals surface area contributed by atoms with Crippen LogP contribution >= 0.6 is 23.2 Å². The maximum absolute atomic E-state index is 13.6. The first-order valence-corrected chi connectivity index (χ1v) is 12.3. The summed E-state index contributed by atoms with van der Waals surface area (Å²) in [7, 11) is 0. The quantitative estimate of drug-likeness (QED) is 0.548. The summed E-state index contributed by atoms with van der Waals surface area (Å²) < 4.78 is 0. The largest absolute Gasteiger partial charge is 0.341 e. The highest BCUT2D eigenvalue weighted by Gasteiger charge is 2.34. The number of hydrogen-bond acceptors (Lipinski definition) is 3. The van der Waals surface area contributed by atoms with Crippen LogP contribution in [0.15, 0.2) is 48.5 Å². The lowest BCUT2D eigenvalue weighted by atomic mass is 9.79. The van der Waals surface area contributed by atoms with E-state index in [1.807, 2.05) is 17.0 Å². The molecule has 0 saturated carbocycles. The van der Waals surface area contributed by atoms with Gasteiger partial charge in [-0.3, -0.25) is 4.79 Å². The molecule has 2 saturated heterocycles. The van der Waals surface area contributed by atoms with Crippen molar-refractivity contribution in [1.82, 2.24) is 15.5 Å². The second kappa shape index (κ2) is 11.2. The van der Waals surface area contributed by atoms with Crippen molar-refractivity contribution in [3.05, 3.63) is 64.1 Å². The van der Waals surface area contributed by atoms with Crippen LogP contribution in [0.4, 0.5) is 10.5 Å². The van der Waals surface area contributed by atoms with E-state index in [4.69, 9.17) is 23.2 Å². The second-order valence-electron chi connectivity index (χ2n) is 8.81. The highest BCUT2D eigenvalue weighted by molar-refractivity contribution is 6.31. The zero-order chi connectivity index (χ0) is 23.2. The van der Waals surface area contributed by atoms with Gasteiger partial charge in [-0.1, -0.05) is 41.4 Å². The Morgan fingerprint density at radius 3 is 2.21 bits per heavy atom. The third-order valence-corrected chi connectivity index (χ3v) is 7.34.